The summed E-state index contributed by atoms with van der Waals surface area (Å²) in [7, 11) is 1.63. The molecule has 0 bridgehead atoms. The van der Waals surface area contributed by atoms with Gasteiger partial charge < -0.3 is 19.3 Å². The summed E-state index contributed by atoms with van der Waals surface area (Å²) in [4.78, 5) is 12.6. The zero-order valence-electron chi connectivity index (χ0n) is 20.8. The Labute approximate surface area is 219 Å². The van der Waals surface area contributed by atoms with Gasteiger partial charge in [0.05, 0.1) is 31.5 Å². The number of cyclic esters (lactones) is 1. The standard InChI is InChI=1S/C29H26N4O5/c1-36-24-9-6-19(7-10-24)8-11-25-12-22-13-26(14-27(34)28(22)29(35)38-25)37-18-23-17-33(32-31-23)16-21-4-2-20(15-30)3-5-21/h2-7,9-10,13-14,17,25,34H,8,11-12,16,18H2,1H3. The van der Waals surface area contributed by atoms with Crippen molar-refractivity contribution in [2.24, 2.45) is 0 Å². The van der Waals surface area contributed by atoms with Gasteiger partial charge >= 0.3 is 5.97 Å². The van der Waals surface area contributed by atoms with E-state index in [0.29, 0.717) is 42.0 Å². The lowest BCUT2D eigenvalue weighted by molar-refractivity contribution is 0.0234. The Balaban J connectivity index is 1.20. The zero-order chi connectivity index (χ0) is 26.5. The third kappa shape index (κ3) is 5.76. The third-order valence-electron chi connectivity index (χ3n) is 6.41. The maximum Gasteiger partial charge on any atom is 0.342 e. The lowest BCUT2D eigenvalue weighted by atomic mass is 9.94. The van der Waals surface area contributed by atoms with Gasteiger partial charge in [-0.15, -0.1) is 5.10 Å². The molecule has 0 saturated carbocycles. The molecule has 2 heterocycles. The molecule has 192 valence electrons. The van der Waals surface area contributed by atoms with E-state index in [-0.39, 0.29) is 24.0 Å². The van der Waals surface area contributed by atoms with Gasteiger partial charge in [0.25, 0.3) is 0 Å². The van der Waals surface area contributed by atoms with Crippen molar-refractivity contribution >= 4 is 5.97 Å². The predicted molar refractivity (Wildman–Crippen MR) is 137 cm³/mol. The van der Waals surface area contributed by atoms with Crippen molar-refractivity contribution in [2.75, 3.05) is 7.11 Å². The summed E-state index contributed by atoms with van der Waals surface area (Å²) in [5, 5.41) is 27.7. The van der Waals surface area contributed by atoms with Crippen molar-refractivity contribution in [3.05, 3.63) is 100 Å². The number of phenols is 1. The van der Waals surface area contributed by atoms with E-state index in [4.69, 9.17) is 19.5 Å². The van der Waals surface area contributed by atoms with Crippen molar-refractivity contribution in [2.45, 2.75) is 38.5 Å². The number of nitriles is 1. The molecular weight excluding hydrogens is 484 g/mol. The van der Waals surface area contributed by atoms with Crippen LogP contribution in [-0.2, 0) is 30.7 Å². The Hall–Kier alpha value is -4.84. The number of aromatic nitrogens is 3. The Kier molecular flexibility index (Phi) is 7.22. The molecule has 5 rings (SSSR count). The maximum atomic E-state index is 12.6. The minimum atomic E-state index is -0.527. The Morgan fingerprint density at radius 2 is 1.87 bits per heavy atom. The number of esters is 1. The highest BCUT2D eigenvalue weighted by atomic mass is 16.5. The molecule has 9 nitrogen and oxygen atoms in total. The van der Waals surface area contributed by atoms with Crippen molar-refractivity contribution < 1.29 is 24.1 Å². The van der Waals surface area contributed by atoms with E-state index in [9.17, 15) is 9.90 Å². The van der Waals surface area contributed by atoms with Gasteiger partial charge in [0.2, 0.25) is 0 Å². The second-order valence-electron chi connectivity index (χ2n) is 9.10. The average molecular weight is 511 g/mol. The first kappa shape index (κ1) is 24.8. The molecule has 1 N–H and O–H groups in total. The van der Waals surface area contributed by atoms with Gasteiger partial charge in [-0.1, -0.05) is 29.5 Å². The van der Waals surface area contributed by atoms with Crippen LogP contribution < -0.4 is 9.47 Å². The lowest BCUT2D eigenvalue weighted by Crippen LogP contribution is -2.28. The molecule has 1 unspecified atom stereocenters. The summed E-state index contributed by atoms with van der Waals surface area (Å²) in [6.45, 7) is 0.662. The number of carbonyl (C=O) groups is 1. The highest BCUT2D eigenvalue weighted by molar-refractivity contribution is 5.95. The number of rotatable bonds is 9. The number of fused-ring (bicyclic) bond motifs is 1. The molecule has 3 aromatic carbocycles. The van der Waals surface area contributed by atoms with Crippen molar-refractivity contribution in [1.82, 2.24) is 15.0 Å². The average Bonchev–Trinajstić information content (AvgIpc) is 3.38. The number of aromatic hydroxyl groups is 1. The number of hydrogen-bond acceptors (Lipinski definition) is 8. The van der Waals surface area contributed by atoms with E-state index in [0.717, 1.165) is 23.3 Å². The van der Waals surface area contributed by atoms with Crippen molar-refractivity contribution in [3.63, 3.8) is 0 Å². The summed E-state index contributed by atoms with van der Waals surface area (Å²) in [6, 6.07) is 20.4. The molecule has 0 aliphatic carbocycles. The topological polar surface area (TPSA) is 119 Å². The molecule has 0 radical (unpaired) electrons. The smallest absolute Gasteiger partial charge is 0.342 e. The molecule has 4 aromatic rings. The second kappa shape index (κ2) is 11.0. The fraction of sp³-hybridized carbons (Fsp3) is 0.241. The first-order valence-electron chi connectivity index (χ1n) is 12.2. The largest absolute Gasteiger partial charge is 0.507 e. The van der Waals surface area contributed by atoms with Gasteiger partial charge in [-0.25, -0.2) is 9.48 Å². The Morgan fingerprint density at radius 3 is 2.61 bits per heavy atom. The molecule has 1 aromatic heterocycles. The number of carbonyl (C=O) groups excluding carboxylic acids is 1. The van der Waals surface area contributed by atoms with Crippen LogP contribution in [0.5, 0.6) is 17.2 Å². The van der Waals surface area contributed by atoms with Crippen LogP contribution in [0.15, 0.2) is 66.9 Å². The van der Waals surface area contributed by atoms with E-state index in [1.165, 1.54) is 6.07 Å². The number of nitrogens with zero attached hydrogens (tertiary/aromatic N) is 4. The van der Waals surface area contributed by atoms with E-state index in [1.807, 2.05) is 36.4 Å². The maximum absolute atomic E-state index is 12.6. The fourth-order valence-corrected chi connectivity index (χ4v) is 4.43. The number of methoxy groups -OCH3 is 1. The van der Waals surface area contributed by atoms with Crippen molar-refractivity contribution in [1.29, 1.82) is 5.26 Å². The van der Waals surface area contributed by atoms with E-state index in [1.54, 1.807) is 36.2 Å². The highest BCUT2D eigenvalue weighted by Crippen LogP contribution is 2.34. The summed E-state index contributed by atoms with van der Waals surface area (Å²) in [5.41, 5.74) is 4.22. The van der Waals surface area contributed by atoms with Crippen LogP contribution in [0.2, 0.25) is 0 Å². The van der Waals surface area contributed by atoms with Crippen LogP contribution in [0.4, 0.5) is 0 Å². The van der Waals surface area contributed by atoms with E-state index >= 15 is 0 Å². The number of hydrogen-bond donors (Lipinski definition) is 1. The summed E-state index contributed by atoms with van der Waals surface area (Å²) >= 11 is 0. The van der Waals surface area contributed by atoms with Gasteiger partial charge in [0.1, 0.15) is 41.2 Å². The normalized spacial score (nSPS) is 14.3. The first-order chi connectivity index (χ1) is 18.5. The lowest BCUT2D eigenvalue weighted by Gasteiger charge is -2.25. The second-order valence-corrected chi connectivity index (χ2v) is 9.10. The minimum Gasteiger partial charge on any atom is -0.507 e. The van der Waals surface area contributed by atoms with Crippen LogP contribution in [0.25, 0.3) is 0 Å². The predicted octanol–water partition coefficient (Wildman–Crippen LogP) is 4.21. The van der Waals surface area contributed by atoms with Crippen LogP contribution in [0, 0.1) is 11.3 Å². The van der Waals surface area contributed by atoms with Gasteiger partial charge in [0, 0.05) is 12.5 Å². The quantitative estimate of drug-likeness (QED) is 0.333. The number of aryl methyl sites for hydroxylation is 1. The molecule has 0 amide bonds. The first-order valence-corrected chi connectivity index (χ1v) is 12.2. The van der Waals surface area contributed by atoms with Crippen LogP contribution in [0.1, 0.15) is 44.7 Å². The van der Waals surface area contributed by atoms with E-state index in [2.05, 4.69) is 16.4 Å². The minimum absolute atomic E-state index is 0.150. The zero-order valence-corrected chi connectivity index (χ0v) is 20.8. The molecular formula is C29H26N4O5. The Bertz CT molecular complexity index is 1470. The monoisotopic (exact) mass is 510 g/mol. The van der Waals surface area contributed by atoms with Crippen LogP contribution in [0.3, 0.4) is 0 Å². The highest BCUT2D eigenvalue weighted by Gasteiger charge is 2.29. The molecule has 9 heteroatoms. The summed E-state index contributed by atoms with van der Waals surface area (Å²) in [6.07, 6.45) is 3.38. The molecule has 0 fully saturated rings. The SMILES string of the molecule is COc1ccc(CCC2Cc3cc(OCc4cn(Cc5ccc(C#N)cc5)nn4)cc(O)c3C(=O)O2)cc1. The van der Waals surface area contributed by atoms with Gasteiger partial charge in [-0.05, 0) is 59.9 Å². The summed E-state index contributed by atoms with van der Waals surface area (Å²) in [5.74, 6) is 0.538. The van der Waals surface area contributed by atoms with Gasteiger partial charge in [-0.3, -0.25) is 0 Å². The molecule has 0 spiro atoms. The Morgan fingerprint density at radius 1 is 1.11 bits per heavy atom. The number of benzene rings is 3. The third-order valence-corrected chi connectivity index (χ3v) is 6.41. The van der Waals surface area contributed by atoms with Crippen LogP contribution >= 0.6 is 0 Å². The molecule has 1 aliphatic rings. The number of ether oxygens (including phenoxy) is 3. The fourth-order valence-electron chi connectivity index (χ4n) is 4.43. The summed E-state index contributed by atoms with van der Waals surface area (Å²) < 4.78 is 18.4. The molecule has 1 atom stereocenters. The molecule has 1 aliphatic heterocycles. The van der Waals surface area contributed by atoms with Gasteiger partial charge in [0.15, 0.2) is 0 Å². The van der Waals surface area contributed by atoms with Crippen LogP contribution in [-0.4, -0.2) is 39.3 Å². The van der Waals surface area contributed by atoms with Gasteiger partial charge in [-0.2, -0.15) is 5.26 Å². The number of phenolic OH excluding ortho intramolecular Hbond substituents is 1. The molecule has 0 saturated heterocycles. The molecule has 38 heavy (non-hydrogen) atoms. The van der Waals surface area contributed by atoms with Crippen molar-refractivity contribution in [3.8, 4) is 23.3 Å². The van der Waals surface area contributed by atoms with E-state index < -0.39 is 5.97 Å².